The third-order valence-corrected chi connectivity index (χ3v) is 3.40. The first-order valence-corrected chi connectivity index (χ1v) is 5.60. The van der Waals surface area contributed by atoms with Gasteiger partial charge in [0.05, 0.1) is 26.2 Å². The van der Waals surface area contributed by atoms with Gasteiger partial charge in [-0.15, -0.1) is 0 Å². The summed E-state index contributed by atoms with van der Waals surface area (Å²) in [6, 6.07) is 0. The van der Waals surface area contributed by atoms with E-state index in [0.717, 1.165) is 13.1 Å². The molecule has 78 valence electrons. The number of alkyl halides is 1. The third-order valence-electron chi connectivity index (χ3n) is 3.40. The summed E-state index contributed by atoms with van der Waals surface area (Å²) >= 11 is 0. The monoisotopic (exact) mass is 198 g/mol. The first-order valence-electron chi connectivity index (χ1n) is 5.60. The Hall–Kier alpha value is -0.800. The second-order valence-corrected chi connectivity index (χ2v) is 4.48. The Balaban J connectivity index is 1.97. The number of halogens is 1. The van der Waals surface area contributed by atoms with Gasteiger partial charge < -0.3 is 0 Å². The maximum atomic E-state index is 13.4. The Labute approximate surface area is 83.8 Å². The summed E-state index contributed by atoms with van der Waals surface area (Å²) in [6.07, 6.45) is 1.71. The quantitative estimate of drug-likeness (QED) is 0.511. The molecule has 0 aliphatic carbocycles. The first-order chi connectivity index (χ1) is 6.84. The average molecular weight is 198 g/mol. The van der Waals surface area contributed by atoms with Gasteiger partial charge in [-0.1, -0.05) is 0 Å². The molecule has 0 unspecified atom stereocenters. The van der Waals surface area contributed by atoms with Crippen molar-refractivity contribution in [1.29, 1.82) is 0 Å². The molecule has 1 atom stereocenters. The van der Waals surface area contributed by atoms with E-state index >= 15 is 0 Å². The van der Waals surface area contributed by atoms with Crippen molar-refractivity contribution >= 4 is 5.96 Å². The number of rotatable bonds is 0. The van der Waals surface area contributed by atoms with Gasteiger partial charge in [-0.2, -0.15) is 0 Å². The van der Waals surface area contributed by atoms with E-state index in [1.54, 1.807) is 0 Å². The molecule has 1 saturated heterocycles. The summed E-state index contributed by atoms with van der Waals surface area (Å²) in [5, 5.41) is 0. The third kappa shape index (κ3) is 1.20. The Morgan fingerprint density at radius 3 is 2.86 bits per heavy atom. The zero-order valence-corrected chi connectivity index (χ0v) is 8.45. The highest BCUT2D eigenvalue weighted by Crippen LogP contribution is 2.18. The average Bonchev–Trinajstić information content (AvgIpc) is 2.18. The molecule has 3 aliphatic rings. The SMILES string of the molecule is F[C@@H]1CN2CCCN3CCC[N+](=C32)C1. The van der Waals surface area contributed by atoms with Gasteiger partial charge in [0.15, 0.2) is 6.17 Å². The van der Waals surface area contributed by atoms with Gasteiger partial charge in [0.2, 0.25) is 0 Å². The highest BCUT2D eigenvalue weighted by molar-refractivity contribution is 5.76. The highest BCUT2D eigenvalue weighted by Gasteiger charge is 2.40. The van der Waals surface area contributed by atoms with Crippen LogP contribution in [0.2, 0.25) is 0 Å². The molecule has 4 heteroatoms. The Morgan fingerprint density at radius 2 is 1.93 bits per heavy atom. The lowest BCUT2D eigenvalue weighted by Crippen LogP contribution is -2.62. The van der Waals surface area contributed by atoms with Crippen molar-refractivity contribution in [2.24, 2.45) is 0 Å². The van der Waals surface area contributed by atoms with Crippen LogP contribution in [-0.4, -0.2) is 65.8 Å². The van der Waals surface area contributed by atoms with Crippen molar-refractivity contribution in [3.63, 3.8) is 0 Å². The van der Waals surface area contributed by atoms with Crippen LogP contribution in [0.5, 0.6) is 0 Å². The van der Waals surface area contributed by atoms with Crippen LogP contribution in [0, 0.1) is 0 Å². The lowest BCUT2D eigenvalue weighted by Gasteiger charge is -2.40. The standard InChI is InChI=1S/C10H17FN3/c11-9-7-13-5-1-3-12-4-2-6-14(8-9)10(12)13/h9H,1-8H2/q+1. The molecule has 0 bridgehead atoms. The molecule has 0 saturated carbocycles. The number of hydrogen-bond donors (Lipinski definition) is 0. The summed E-state index contributed by atoms with van der Waals surface area (Å²) in [5.41, 5.74) is 0. The van der Waals surface area contributed by atoms with E-state index < -0.39 is 6.17 Å². The van der Waals surface area contributed by atoms with Gasteiger partial charge >= 0.3 is 5.96 Å². The zero-order chi connectivity index (χ0) is 9.54. The summed E-state index contributed by atoms with van der Waals surface area (Å²) in [4.78, 5) is 4.66. The van der Waals surface area contributed by atoms with Crippen LogP contribution in [0.4, 0.5) is 4.39 Å². The fraction of sp³-hybridized carbons (Fsp3) is 0.900. The zero-order valence-electron chi connectivity index (χ0n) is 8.45. The van der Waals surface area contributed by atoms with Crippen molar-refractivity contribution in [3.8, 4) is 0 Å². The number of nitrogens with zero attached hydrogens (tertiary/aromatic N) is 3. The second kappa shape index (κ2) is 3.11. The molecule has 0 aromatic carbocycles. The summed E-state index contributed by atoms with van der Waals surface area (Å²) < 4.78 is 15.7. The fourth-order valence-corrected chi connectivity index (χ4v) is 2.90. The number of guanidine groups is 1. The van der Waals surface area contributed by atoms with Gasteiger partial charge in [-0.05, 0) is 0 Å². The van der Waals surface area contributed by atoms with Gasteiger partial charge in [0, 0.05) is 12.8 Å². The van der Waals surface area contributed by atoms with E-state index in [4.69, 9.17) is 0 Å². The van der Waals surface area contributed by atoms with E-state index in [2.05, 4.69) is 14.4 Å². The fourth-order valence-electron chi connectivity index (χ4n) is 2.90. The predicted molar refractivity (Wildman–Crippen MR) is 52.3 cm³/mol. The topological polar surface area (TPSA) is 9.49 Å². The molecular formula is C10H17FN3+. The Morgan fingerprint density at radius 1 is 1.14 bits per heavy atom. The lowest BCUT2D eigenvalue weighted by atomic mass is 10.1. The van der Waals surface area contributed by atoms with Crippen LogP contribution in [-0.2, 0) is 0 Å². The van der Waals surface area contributed by atoms with Crippen molar-refractivity contribution in [2.75, 3.05) is 39.3 Å². The van der Waals surface area contributed by atoms with E-state index in [1.807, 2.05) is 0 Å². The van der Waals surface area contributed by atoms with Gasteiger partial charge in [0.25, 0.3) is 0 Å². The first kappa shape index (κ1) is 8.50. The number of hydrogen-bond acceptors (Lipinski definition) is 2. The normalized spacial score (nSPS) is 31.9. The molecule has 1 fully saturated rings. The molecule has 0 spiro atoms. The molecule has 0 aromatic rings. The van der Waals surface area contributed by atoms with Gasteiger partial charge in [-0.25, -0.2) is 4.39 Å². The van der Waals surface area contributed by atoms with Crippen LogP contribution >= 0.6 is 0 Å². The van der Waals surface area contributed by atoms with Crippen molar-refractivity contribution < 1.29 is 8.97 Å². The van der Waals surface area contributed by atoms with Crippen molar-refractivity contribution in [3.05, 3.63) is 0 Å². The van der Waals surface area contributed by atoms with Crippen molar-refractivity contribution in [2.45, 2.75) is 19.0 Å². The maximum Gasteiger partial charge on any atom is 0.350 e. The van der Waals surface area contributed by atoms with Crippen LogP contribution in [0.3, 0.4) is 0 Å². The second-order valence-electron chi connectivity index (χ2n) is 4.48. The Kier molecular flexibility index (Phi) is 1.89. The predicted octanol–water partition coefficient (Wildman–Crippen LogP) is 0.118. The molecule has 0 N–H and O–H groups in total. The molecular weight excluding hydrogens is 181 g/mol. The van der Waals surface area contributed by atoms with Crippen LogP contribution < -0.4 is 0 Å². The highest BCUT2D eigenvalue weighted by atomic mass is 19.1. The van der Waals surface area contributed by atoms with Gasteiger partial charge in [-0.3, -0.25) is 14.4 Å². The van der Waals surface area contributed by atoms with Gasteiger partial charge in [0.1, 0.15) is 13.1 Å². The van der Waals surface area contributed by atoms with E-state index in [9.17, 15) is 4.39 Å². The minimum atomic E-state index is -0.656. The van der Waals surface area contributed by atoms with Crippen LogP contribution in [0.15, 0.2) is 0 Å². The minimum absolute atomic E-state index is 0.613. The van der Waals surface area contributed by atoms with E-state index in [0.29, 0.717) is 13.1 Å². The van der Waals surface area contributed by atoms with Crippen molar-refractivity contribution in [1.82, 2.24) is 9.80 Å². The maximum absolute atomic E-state index is 13.4. The molecule has 0 radical (unpaired) electrons. The summed E-state index contributed by atoms with van der Waals surface area (Å²) in [6.45, 7) is 5.65. The van der Waals surface area contributed by atoms with E-state index in [1.165, 1.54) is 31.9 Å². The largest absolute Gasteiger partial charge is 0.350 e. The molecule has 0 aromatic heterocycles. The van der Waals surface area contributed by atoms with E-state index in [-0.39, 0.29) is 0 Å². The molecule has 3 heterocycles. The molecule has 14 heavy (non-hydrogen) atoms. The molecule has 3 nitrogen and oxygen atoms in total. The lowest BCUT2D eigenvalue weighted by molar-refractivity contribution is -0.557. The molecule has 3 aliphatic heterocycles. The Bertz CT molecular complexity index is 277. The summed E-state index contributed by atoms with van der Waals surface area (Å²) in [7, 11) is 0. The van der Waals surface area contributed by atoms with Crippen LogP contribution in [0.25, 0.3) is 0 Å². The molecule has 3 rings (SSSR count). The smallest absolute Gasteiger partial charge is 0.265 e. The van der Waals surface area contributed by atoms with Crippen LogP contribution in [0.1, 0.15) is 12.8 Å². The minimum Gasteiger partial charge on any atom is -0.265 e. The molecule has 0 amide bonds. The summed E-state index contributed by atoms with van der Waals surface area (Å²) in [5.74, 6) is 1.32.